The molecule has 102 valence electrons. The smallest absolute Gasteiger partial charge is 0.00300 e. The van der Waals surface area contributed by atoms with Crippen molar-refractivity contribution >= 4 is 0 Å². The van der Waals surface area contributed by atoms with Gasteiger partial charge in [-0.1, -0.05) is 53.9 Å². The SMILES string of the molecule is CC(C)CCCC1CCN(CC(C)(C)C)CC1. The van der Waals surface area contributed by atoms with E-state index >= 15 is 0 Å². The molecule has 17 heavy (non-hydrogen) atoms. The molecule has 1 nitrogen and oxygen atoms in total. The van der Waals surface area contributed by atoms with Crippen LogP contribution in [0.15, 0.2) is 0 Å². The van der Waals surface area contributed by atoms with Crippen molar-refractivity contribution in [2.75, 3.05) is 19.6 Å². The Balaban J connectivity index is 2.13. The van der Waals surface area contributed by atoms with Gasteiger partial charge in [-0.05, 0) is 43.2 Å². The third-order valence-electron chi connectivity index (χ3n) is 3.80. The van der Waals surface area contributed by atoms with Gasteiger partial charge in [0.1, 0.15) is 0 Å². The maximum absolute atomic E-state index is 2.67. The largest absolute Gasteiger partial charge is 0.303 e. The Morgan fingerprint density at radius 1 is 1.12 bits per heavy atom. The predicted octanol–water partition coefficient (Wildman–Crippen LogP) is 4.57. The maximum Gasteiger partial charge on any atom is 0.00300 e. The first kappa shape index (κ1) is 15.0. The summed E-state index contributed by atoms with van der Waals surface area (Å²) in [5, 5.41) is 0. The zero-order valence-electron chi connectivity index (χ0n) is 12.8. The van der Waals surface area contributed by atoms with Gasteiger partial charge in [0.2, 0.25) is 0 Å². The Kier molecular flexibility index (Phi) is 5.99. The highest BCUT2D eigenvalue weighted by molar-refractivity contribution is 4.76. The van der Waals surface area contributed by atoms with Crippen LogP contribution in [0.2, 0.25) is 0 Å². The Morgan fingerprint density at radius 3 is 2.18 bits per heavy atom. The van der Waals surface area contributed by atoms with Crippen molar-refractivity contribution in [1.29, 1.82) is 0 Å². The molecule has 0 spiro atoms. The molecular formula is C16H33N. The van der Waals surface area contributed by atoms with E-state index in [4.69, 9.17) is 0 Å². The van der Waals surface area contributed by atoms with Crippen LogP contribution in [-0.2, 0) is 0 Å². The third kappa shape index (κ3) is 7.08. The van der Waals surface area contributed by atoms with Gasteiger partial charge in [-0.3, -0.25) is 0 Å². The molecule has 0 saturated carbocycles. The van der Waals surface area contributed by atoms with Gasteiger partial charge in [0.25, 0.3) is 0 Å². The fraction of sp³-hybridized carbons (Fsp3) is 1.00. The van der Waals surface area contributed by atoms with E-state index < -0.39 is 0 Å². The van der Waals surface area contributed by atoms with Crippen molar-refractivity contribution in [2.24, 2.45) is 17.3 Å². The Hall–Kier alpha value is -0.0400. The van der Waals surface area contributed by atoms with Crippen molar-refractivity contribution in [3.63, 3.8) is 0 Å². The molecule has 0 amide bonds. The third-order valence-corrected chi connectivity index (χ3v) is 3.80. The van der Waals surface area contributed by atoms with Crippen molar-refractivity contribution in [1.82, 2.24) is 4.90 Å². The summed E-state index contributed by atoms with van der Waals surface area (Å²) in [4.78, 5) is 2.67. The van der Waals surface area contributed by atoms with Gasteiger partial charge in [0.15, 0.2) is 0 Å². The van der Waals surface area contributed by atoms with Crippen LogP contribution in [0.5, 0.6) is 0 Å². The van der Waals surface area contributed by atoms with Crippen LogP contribution in [0.3, 0.4) is 0 Å². The molecular weight excluding hydrogens is 206 g/mol. The van der Waals surface area contributed by atoms with Crippen LogP contribution in [0, 0.1) is 17.3 Å². The fourth-order valence-electron chi connectivity index (χ4n) is 2.92. The second-order valence-corrected chi connectivity index (χ2v) is 7.60. The summed E-state index contributed by atoms with van der Waals surface area (Å²) < 4.78 is 0. The topological polar surface area (TPSA) is 3.24 Å². The summed E-state index contributed by atoms with van der Waals surface area (Å²) in [5.74, 6) is 1.90. The van der Waals surface area contributed by atoms with E-state index in [1.165, 1.54) is 51.7 Å². The van der Waals surface area contributed by atoms with E-state index in [0.717, 1.165) is 11.8 Å². The molecule has 1 saturated heterocycles. The summed E-state index contributed by atoms with van der Waals surface area (Å²) in [6, 6.07) is 0. The van der Waals surface area contributed by atoms with E-state index in [1.807, 2.05) is 0 Å². The molecule has 1 rings (SSSR count). The lowest BCUT2D eigenvalue weighted by Gasteiger charge is -2.36. The maximum atomic E-state index is 2.67. The van der Waals surface area contributed by atoms with Crippen LogP contribution >= 0.6 is 0 Å². The molecule has 0 bridgehead atoms. The number of hydrogen-bond donors (Lipinski definition) is 0. The van der Waals surface area contributed by atoms with Gasteiger partial charge in [0.05, 0.1) is 0 Å². The second kappa shape index (κ2) is 6.78. The lowest BCUT2D eigenvalue weighted by atomic mass is 9.88. The van der Waals surface area contributed by atoms with E-state index in [0.29, 0.717) is 5.41 Å². The van der Waals surface area contributed by atoms with E-state index in [1.54, 1.807) is 0 Å². The first-order valence-electron chi connectivity index (χ1n) is 7.59. The highest BCUT2D eigenvalue weighted by Gasteiger charge is 2.22. The van der Waals surface area contributed by atoms with Gasteiger partial charge in [-0.2, -0.15) is 0 Å². The van der Waals surface area contributed by atoms with Gasteiger partial charge in [0, 0.05) is 6.54 Å². The Labute approximate surface area is 109 Å². The quantitative estimate of drug-likeness (QED) is 0.679. The molecule has 0 aromatic rings. The summed E-state index contributed by atoms with van der Waals surface area (Å²) in [6.45, 7) is 15.7. The minimum Gasteiger partial charge on any atom is -0.303 e. The minimum absolute atomic E-state index is 0.463. The summed E-state index contributed by atoms with van der Waals surface area (Å²) in [6.07, 6.45) is 7.22. The van der Waals surface area contributed by atoms with E-state index in [2.05, 4.69) is 39.5 Å². The molecule has 1 heteroatoms. The van der Waals surface area contributed by atoms with Gasteiger partial charge in [-0.15, -0.1) is 0 Å². The number of hydrogen-bond acceptors (Lipinski definition) is 1. The molecule has 0 aromatic carbocycles. The highest BCUT2D eigenvalue weighted by atomic mass is 15.1. The van der Waals surface area contributed by atoms with Gasteiger partial charge >= 0.3 is 0 Å². The lowest BCUT2D eigenvalue weighted by molar-refractivity contribution is 0.132. The molecule has 0 aromatic heterocycles. The molecule has 0 atom stereocenters. The van der Waals surface area contributed by atoms with Crippen molar-refractivity contribution in [2.45, 2.75) is 66.7 Å². The molecule has 1 aliphatic rings. The number of piperidine rings is 1. The Morgan fingerprint density at radius 2 is 1.71 bits per heavy atom. The zero-order chi connectivity index (χ0) is 12.9. The number of rotatable bonds is 5. The van der Waals surface area contributed by atoms with Crippen LogP contribution in [-0.4, -0.2) is 24.5 Å². The number of likely N-dealkylation sites (tertiary alicyclic amines) is 1. The monoisotopic (exact) mass is 239 g/mol. The summed E-state index contributed by atoms with van der Waals surface area (Å²) >= 11 is 0. The molecule has 1 aliphatic heterocycles. The van der Waals surface area contributed by atoms with Crippen molar-refractivity contribution in [3.8, 4) is 0 Å². The molecule has 0 radical (unpaired) electrons. The Bertz CT molecular complexity index is 194. The fourth-order valence-corrected chi connectivity index (χ4v) is 2.92. The normalized spacial score (nSPS) is 20.1. The van der Waals surface area contributed by atoms with Crippen LogP contribution < -0.4 is 0 Å². The van der Waals surface area contributed by atoms with Crippen LogP contribution in [0.4, 0.5) is 0 Å². The second-order valence-electron chi connectivity index (χ2n) is 7.60. The standard InChI is InChI=1S/C16H33N/c1-14(2)7-6-8-15-9-11-17(12-10-15)13-16(3,4)5/h14-15H,6-13H2,1-5H3. The molecule has 0 aliphatic carbocycles. The van der Waals surface area contributed by atoms with Gasteiger partial charge in [-0.25, -0.2) is 0 Å². The van der Waals surface area contributed by atoms with Crippen molar-refractivity contribution < 1.29 is 0 Å². The summed E-state index contributed by atoms with van der Waals surface area (Å²) in [5.41, 5.74) is 0.463. The first-order chi connectivity index (χ1) is 7.87. The van der Waals surface area contributed by atoms with E-state index in [-0.39, 0.29) is 0 Å². The number of nitrogens with zero attached hydrogens (tertiary/aromatic N) is 1. The molecule has 1 fully saturated rings. The van der Waals surface area contributed by atoms with Crippen molar-refractivity contribution in [3.05, 3.63) is 0 Å². The predicted molar refractivity (Wildman–Crippen MR) is 77.3 cm³/mol. The molecule has 1 heterocycles. The minimum atomic E-state index is 0.463. The average Bonchev–Trinajstić information content (AvgIpc) is 2.18. The molecule has 0 N–H and O–H groups in total. The van der Waals surface area contributed by atoms with Crippen LogP contribution in [0.25, 0.3) is 0 Å². The van der Waals surface area contributed by atoms with Gasteiger partial charge < -0.3 is 4.90 Å². The highest BCUT2D eigenvalue weighted by Crippen LogP contribution is 2.25. The lowest BCUT2D eigenvalue weighted by Crippen LogP contribution is -2.39. The van der Waals surface area contributed by atoms with E-state index in [9.17, 15) is 0 Å². The average molecular weight is 239 g/mol. The zero-order valence-corrected chi connectivity index (χ0v) is 12.8. The van der Waals surface area contributed by atoms with Crippen LogP contribution in [0.1, 0.15) is 66.7 Å². The summed E-state index contributed by atoms with van der Waals surface area (Å²) in [7, 11) is 0. The molecule has 0 unspecified atom stereocenters. The first-order valence-corrected chi connectivity index (χ1v) is 7.59.